The van der Waals surface area contributed by atoms with Gasteiger partial charge in [0.25, 0.3) is 0 Å². The van der Waals surface area contributed by atoms with Crippen LogP contribution in [0.15, 0.2) is 205 Å². The van der Waals surface area contributed by atoms with Gasteiger partial charge in [0.15, 0.2) is 11.4 Å². The fraction of sp³-hybridized carbons (Fsp3) is 0. The quantitative estimate of drug-likeness (QED) is 0.163. The zero-order valence-corrected chi connectivity index (χ0v) is 31.5. The van der Waals surface area contributed by atoms with Crippen LogP contribution in [0.25, 0.3) is 87.1 Å². The number of hydrogen-bond donors (Lipinski definition) is 0. The van der Waals surface area contributed by atoms with E-state index in [1.54, 1.807) is 0 Å². The van der Waals surface area contributed by atoms with Crippen molar-refractivity contribution >= 4 is 70.6 Å². The van der Waals surface area contributed by atoms with Gasteiger partial charge in [-0.2, -0.15) is 0 Å². The molecule has 0 bridgehead atoms. The predicted octanol–water partition coefficient (Wildman–Crippen LogP) is 14.9. The molecule has 0 N–H and O–H groups in total. The van der Waals surface area contributed by atoms with Crippen LogP contribution in [0.2, 0.25) is 0 Å². The van der Waals surface area contributed by atoms with E-state index in [1.807, 2.05) is 47.7 Å². The summed E-state index contributed by atoms with van der Waals surface area (Å²) in [5.74, 6) is 0.681. The molecule has 11 aromatic rings. The average molecular weight is 748 g/mol. The van der Waals surface area contributed by atoms with Gasteiger partial charge in [-0.3, -0.25) is 0 Å². The Morgan fingerprint density at radius 1 is 0.421 bits per heavy atom. The van der Waals surface area contributed by atoms with Gasteiger partial charge in [0.2, 0.25) is 0 Å². The molecule has 3 heterocycles. The maximum atomic E-state index is 6.35. The van der Waals surface area contributed by atoms with Crippen molar-refractivity contribution in [2.45, 2.75) is 0 Å². The maximum Gasteiger partial charge on any atom is 0.180 e. The van der Waals surface area contributed by atoms with Crippen LogP contribution in [0.1, 0.15) is 0 Å². The van der Waals surface area contributed by atoms with Crippen molar-refractivity contribution in [1.82, 2.24) is 9.97 Å². The van der Waals surface area contributed by atoms with Crippen molar-refractivity contribution in [2.75, 3.05) is 4.90 Å². The highest BCUT2D eigenvalue weighted by atomic mass is 32.1. The summed E-state index contributed by atoms with van der Waals surface area (Å²) >= 11 is 1.82. The minimum atomic E-state index is 0.681. The van der Waals surface area contributed by atoms with Crippen molar-refractivity contribution in [1.29, 1.82) is 0 Å². The van der Waals surface area contributed by atoms with E-state index in [0.29, 0.717) is 11.4 Å². The molecule has 0 amide bonds. The molecule has 0 saturated carbocycles. The molecule has 0 aliphatic carbocycles. The molecule has 0 radical (unpaired) electrons. The van der Waals surface area contributed by atoms with Crippen LogP contribution in [0.3, 0.4) is 0 Å². The van der Waals surface area contributed by atoms with Crippen molar-refractivity contribution in [2.24, 2.45) is 0 Å². The molecule has 5 heteroatoms. The Morgan fingerprint density at radius 3 is 1.74 bits per heavy atom. The van der Waals surface area contributed by atoms with Gasteiger partial charge in [0.1, 0.15) is 16.8 Å². The summed E-state index contributed by atoms with van der Waals surface area (Å²) in [7, 11) is 0. The van der Waals surface area contributed by atoms with Crippen LogP contribution >= 0.6 is 11.3 Å². The molecule has 0 aliphatic rings. The molecule has 3 aromatic heterocycles. The Kier molecular flexibility index (Phi) is 7.97. The number of furan rings is 1. The molecule has 0 spiro atoms. The van der Waals surface area contributed by atoms with Crippen LogP contribution in [0.5, 0.6) is 0 Å². The molecular formula is C52H33N3OS. The van der Waals surface area contributed by atoms with Crippen molar-refractivity contribution in [3.05, 3.63) is 200 Å². The lowest BCUT2D eigenvalue weighted by atomic mass is 10.0. The number of thiophene rings is 1. The van der Waals surface area contributed by atoms with Crippen molar-refractivity contribution in [3.63, 3.8) is 0 Å². The Balaban J connectivity index is 0.975. The number of anilines is 3. The van der Waals surface area contributed by atoms with Crippen LogP contribution < -0.4 is 4.90 Å². The Morgan fingerprint density at radius 2 is 1.00 bits per heavy atom. The highest BCUT2D eigenvalue weighted by Crippen LogP contribution is 2.43. The molecule has 0 aliphatic heterocycles. The van der Waals surface area contributed by atoms with E-state index in [9.17, 15) is 0 Å². The number of benzene rings is 8. The molecule has 8 aromatic carbocycles. The normalized spacial score (nSPS) is 11.5. The van der Waals surface area contributed by atoms with Gasteiger partial charge in [0, 0.05) is 53.7 Å². The minimum absolute atomic E-state index is 0.681. The van der Waals surface area contributed by atoms with E-state index in [2.05, 4.69) is 169 Å². The molecule has 11 rings (SSSR count). The fourth-order valence-electron chi connectivity index (χ4n) is 7.92. The number of fused-ring (bicyclic) bond motifs is 6. The van der Waals surface area contributed by atoms with Crippen LogP contribution in [-0.4, -0.2) is 9.97 Å². The van der Waals surface area contributed by atoms with Crippen LogP contribution in [-0.2, 0) is 0 Å². The first-order chi connectivity index (χ1) is 28.2. The van der Waals surface area contributed by atoms with E-state index in [-0.39, 0.29) is 0 Å². The van der Waals surface area contributed by atoms with E-state index < -0.39 is 0 Å². The van der Waals surface area contributed by atoms with Crippen molar-refractivity contribution < 1.29 is 4.42 Å². The first kappa shape index (κ1) is 33.0. The highest BCUT2D eigenvalue weighted by Gasteiger charge is 2.19. The molecule has 0 atom stereocenters. The first-order valence-corrected chi connectivity index (χ1v) is 19.9. The summed E-state index contributed by atoms with van der Waals surface area (Å²) in [5.41, 5.74) is 13.2. The zero-order chi connectivity index (χ0) is 37.7. The second-order valence-electron chi connectivity index (χ2n) is 14.2. The standard InChI is InChI=1S/C52H33N3OS/c1-4-13-34(14-5-1)35-23-28-40(29-24-35)55(39-17-8-3-9-18-39)41-30-25-36(26-31-41)42-20-12-21-44-43-32-27-38(33-47(43)57-51(42)44)52-53-48(37-15-6-2-7-16-37)50-49(54-52)45-19-10-11-22-46(45)56-50/h1-33H. The summed E-state index contributed by atoms with van der Waals surface area (Å²) in [6, 6.07) is 70.4. The average Bonchev–Trinajstić information content (AvgIpc) is 3.86. The molecule has 0 saturated heterocycles. The number of hydrogen-bond acceptors (Lipinski definition) is 5. The minimum Gasteiger partial charge on any atom is -0.452 e. The summed E-state index contributed by atoms with van der Waals surface area (Å²) in [4.78, 5) is 12.6. The molecule has 57 heavy (non-hydrogen) atoms. The third-order valence-electron chi connectivity index (χ3n) is 10.7. The molecular weight excluding hydrogens is 715 g/mol. The Labute approximate surface area is 333 Å². The van der Waals surface area contributed by atoms with Gasteiger partial charge in [0.05, 0.1) is 0 Å². The van der Waals surface area contributed by atoms with Crippen molar-refractivity contribution in [3.8, 4) is 44.9 Å². The Bertz CT molecular complexity index is 3210. The van der Waals surface area contributed by atoms with E-state index in [0.717, 1.165) is 50.4 Å². The Hall–Kier alpha value is -7.34. The predicted molar refractivity (Wildman–Crippen MR) is 239 cm³/mol. The first-order valence-electron chi connectivity index (χ1n) is 19.1. The van der Waals surface area contributed by atoms with Gasteiger partial charge in [-0.15, -0.1) is 11.3 Å². The smallest absolute Gasteiger partial charge is 0.180 e. The van der Waals surface area contributed by atoms with Crippen LogP contribution in [0.4, 0.5) is 17.1 Å². The van der Waals surface area contributed by atoms with E-state index in [1.165, 1.54) is 42.4 Å². The number of para-hydroxylation sites is 2. The molecule has 0 fully saturated rings. The maximum absolute atomic E-state index is 6.35. The summed E-state index contributed by atoms with van der Waals surface area (Å²) in [6.45, 7) is 0. The molecule has 268 valence electrons. The summed E-state index contributed by atoms with van der Waals surface area (Å²) in [5, 5.41) is 3.46. The van der Waals surface area contributed by atoms with Gasteiger partial charge in [-0.05, 0) is 76.9 Å². The lowest BCUT2D eigenvalue weighted by Crippen LogP contribution is -2.09. The number of nitrogens with zero attached hydrogens (tertiary/aromatic N) is 3. The largest absolute Gasteiger partial charge is 0.452 e. The van der Waals surface area contributed by atoms with Crippen LogP contribution in [0, 0.1) is 0 Å². The molecule has 0 unspecified atom stereocenters. The number of rotatable bonds is 7. The fourth-order valence-corrected chi connectivity index (χ4v) is 9.20. The highest BCUT2D eigenvalue weighted by molar-refractivity contribution is 7.26. The van der Waals surface area contributed by atoms with Gasteiger partial charge in [-0.25, -0.2) is 9.97 Å². The third-order valence-corrected chi connectivity index (χ3v) is 11.9. The van der Waals surface area contributed by atoms with E-state index >= 15 is 0 Å². The van der Waals surface area contributed by atoms with Gasteiger partial charge >= 0.3 is 0 Å². The van der Waals surface area contributed by atoms with Gasteiger partial charge < -0.3 is 9.32 Å². The topological polar surface area (TPSA) is 42.2 Å². The third kappa shape index (κ3) is 5.84. The lowest BCUT2D eigenvalue weighted by molar-refractivity contribution is 0.667. The van der Waals surface area contributed by atoms with E-state index in [4.69, 9.17) is 14.4 Å². The number of aromatic nitrogens is 2. The summed E-state index contributed by atoms with van der Waals surface area (Å²) < 4.78 is 8.81. The van der Waals surface area contributed by atoms with Gasteiger partial charge in [-0.1, -0.05) is 146 Å². The SMILES string of the molecule is c1ccc(-c2ccc(N(c3ccccc3)c3ccc(-c4cccc5c4sc4cc(-c6nc(-c7ccccc7)c7oc8ccccc8c7n6)ccc45)cc3)cc2)cc1. The second kappa shape index (κ2) is 13.7. The molecule has 4 nitrogen and oxygen atoms in total. The second-order valence-corrected chi connectivity index (χ2v) is 15.2. The summed E-state index contributed by atoms with van der Waals surface area (Å²) in [6.07, 6.45) is 0. The lowest BCUT2D eigenvalue weighted by Gasteiger charge is -2.26. The zero-order valence-electron chi connectivity index (χ0n) is 30.7. The monoisotopic (exact) mass is 747 g/mol.